The van der Waals surface area contributed by atoms with Crippen molar-refractivity contribution in [1.82, 2.24) is 10.2 Å². The Morgan fingerprint density at radius 2 is 2.00 bits per heavy atom. The van der Waals surface area contributed by atoms with E-state index in [1.54, 1.807) is 0 Å². The van der Waals surface area contributed by atoms with E-state index in [4.69, 9.17) is 0 Å². The second-order valence-electron chi connectivity index (χ2n) is 6.00. The minimum Gasteiger partial charge on any atom is -0.312 e. The van der Waals surface area contributed by atoms with Crippen molar-refractivity contribution in [2.24, 2.45) is 0 Å². The number of likely N-dealkylation sites (N-methyl/N-ethyl adjacent to an activating group) is 1. The van der Waals surface area contributed by atoms with Gasteiger partial charge in [-0.2, -0.15) is 0 Å². The van der Waals surface area contributed by atoms with Gasteiger partial charge in [-0.05, 0) is 45.7 Å². The highest BCUT2D eigenvalue weighted by Crippen LogP contribution is 2.24. The minimum atomic E-state index is -2.86. The summed E-state index contributed by atoms with van der Waals surface area (Å²) in [4.78, 5) is 2.41. The van der Waals surface area contributed by atoms with Gasteiger partial charge in [0, 0.05) is 24.9 Å². The molecule has 1 saturated carbocycles. The summed E-state index contributed by atoms with van der Waals surface area (Å²) in [6.45, 7) is 2.21. The van der Waals surface area contributed by atoms with Crippen molar-refractivity contribution in [2.45, 2.75) is 55.9 Å². The van der Waals surface area contributed by atoms with E-state index in [1.807, 2.05) is 0 Å². The van der Waals surface area contributed by atoms with Gasteiger partial charge < -0.3 is 10.2 Å². The van der Waals surface area contributed by atoms with Gasteiger partial charge in [-0.25, -0.2) is 8.42 Å². The first-order valence-electron chi connectivity index (χ1n) is 7.09. The number of nitrogens with one attached hydrogen (secondary N) is 1. The van der Waals surface area contributed by atoms with Gasteiger partial charge in [-0.1, -0.05) is 6.42 Å². The van der Waals surface area contributed by atoms with Crippen LogP contribution in [0.15, 0.2) is 0 Å². The first kappa shape index (κ1) is 14.3. The molecule has 3 atom stereocenters. The van der Waals surface area contributed by atoms with E-state index in [9.17, 15) is 8.42 Å². The minimum absolute atomic E-state index is 0.120. The van der Waals surface area contributed by atoms with Crippen LogP contribution in [0.3, 0.4) is 0 Å². The van der Waals surface area contributed by atoms with Crippen molar-refractivity contribution in [3.05, 3.63) is 0 Å². The van der Waals surface area contributed by atoms with Gasteiger partial charge >= 0.3 is 0 Å². The Morgan fingerprint density at radius 1 is 1.22 bits per heavy atom. The first-order chi connectivity index (χ1) is 8.47. The van der Waals surface area contributed by atoms with E-state index < -0.39 is 9.84 Å². The van der Waals surface area contributed by atoms with Crippen LogP contribution in [0.5, 0.6) is 0 Å². The lowest BCUT2D eigenvalue weighted by molar-refractivity contribution is 0.276. The summed E-state index contributed by atoms with van der Waals surface area (Å²) < 4.78 is 23.2. The molecule has 0 bridgehead atoms. The fraction of sp³-hybridized carbons (Fsp3) is 1.00. The summed E-state index contributed by atoms with van der Waals surface area (Å²) in [5.74, 6) is 0. The largest absolute Gasteiger partial charge is 0.312 e. The van der Waals surface area contributed by atoms with E-state index in [0.29, 0.717) is 12.1 Å². The highest BCUT2D eigenvalue weighted by molar-refractivity contribution is 7.91. The number of nitrogens with zero attached hydrogens (tertiary/aromatic N) is 1. The summed E-state index contributed by atoms with van der Waals surface area (Å²) in [6, 6.07) is 1.04. The van der Waals surface area contributed by atoms with Crippen molar-refractivity contribution >= 4 is 9.84 Å². The number of sulfone groups is 1. The molecule has 2 aliphatic rings. The maximum Gasteiger partial charge on any atom is 0.150 e. The van der Waals surface area contributed by atoms with Gasteiger partial charge in [0.25, 0.3) is 0 Å². The van der Waals surface area contributed by atoms with E-state index in [-0.39, 0.29) is 5.25 Å². The van der Waals surface area contributed by atoms with Gasteiger partial charge in [0.05, 0.1) is 5.25 Å². The third-order valence-electron chi connectivity index (χ3n) is 4.55. The van der Waals surface area contributed by atoms with Crippen LogP contribution in [-0.4, -0.2) is 57.0 Å². The maximum atomic E-state index is 11.6. The number of rotatable bonds is 4. The molecule has 0 aromatic carbocycles. The molecular weight excluding hydrogens is 248 g/mol. The Labute approximate surface area is 111 Å². The third kappa shape index (κ3) is 3.68. The molecule has 0 spiro atoms. The monoisotopic (exact) mass is 274 g/mol. The lowest BCUT2D eigenvalue weighted by atomic mass is 9.94. The van der Waals surface area contributed by atoms with Crippen molar-refractivity contribution in [2.75, 3.05) is 26.4 Å². The molecular formula is C13H26N2O2S. The summed E-state index contributed by atoms with van der Waals surface area (Å²) in [5, 5.41) is 3.47. The Morgan fingerprint density at radius 3 is 2.61 bits per heavy atom. The van der Waals surface area contributed by atoms with Crippen molar-refractivity contribution < 1.29 is 8.42 Å². The van der Waals surface area contributed by atoms with Crippen LogP contribution in [0.1, 0.15) is 38.5 Å². The second-order valence-corrected chi connectivity index (χ2v) is 8.33. The van der Waals surface area contributed by atoms with Crippen LogP contribution < -0.4 is 5.32 Å². The molecule has 1 aliphatic heterocycles. The molecule has 106 valence electrons. The molecule has 18 heavy (non-hydrogen) atoms. The van der Waals surface area contributed by atoms with Gasteiger partial charge in [-0.3, -0.25) is 0 Å². The van der Waals surface area contributed by atoms with E-state index >= 15 is 0 Å². The van der Waals surface area contributed by atoms with Gasteiger partial charge in [0.1, 0.15) is 9.84 Å². The number of hydrogen-bond donors (Lipinski definition) is 1. The molecule has 3 unspecified atom stereocenters. The van der Waals surface area contributed by atoms with E-state index in [2.05, 4.69) is 17.3 Å². The fourth-order valence-corrected chi connectivity index (χ4v) is 4.44. The molecule has 5 heteroatoms. The van der Waals surface area contributed by atoms with E-state index in [0.717, 1.165) is 32.2 Å². The van der Waals surface area contributed by atoms with Crippen molar-refractivity contribution in [3.63, 3.8) is 0 Å². The van der Waals surface area contributed by atoms with Crippen LogP contribution in [0.25, 0.3) is 0 Å². The molecule has 2 fully saturated rings. The normalized spacial score (nSPS) is 34.9. The average Bonchev–Trinajstić information content (AvgIpc) is 2.72. The Balaban J connectivity index is 1.79. The zero-order chi connectivity index (χ0) is 13.2. The summed E-state index contributed by atoms with van der Waals surface area (Å²) >= 11 is 0. The lowest BCUT2D eigenvalue weighted by Gasteiger charge is -2.30. The highest BCUT2D eigenvalue weighted by Gasteiger charge is 2.29. The van der Waals surface area contributed by atoms with E-state index in [1.165, 1.54) is 25.6 Å². The average molecular weight is 274 g/mol. The predicted molar refractivity (Wildman–Crippen MR) is 74.5 cm³/mol. The van der Waals surface area contributed by atoms with Crippen LogP contribution in [0.2, 0.25) is 0 Å². The highest BCUT2D eigenvalue weighted by atomic mass is 32.2. The maximum absolute atomic E-state index is 11.6. The fourth-order valence-electron chi connectivity index (χ4n) is 3.26. The summed E-state index contributed by atoms with van der Waals surface area (Å²) in [5.41, 5.74) is 0. The molecule has 0 aromatic rings. The number of likely N-dealkylation sites (tertiary alicyclic amines) is 1. The molecule has 1 saturated heterocycles. The standard InChI is InChI=1S/C13H26N2O2S/c1-15-8-4-6-12(15)10-14-11-5-3-7-13(9-11)18(2,16)17/h11-14H,3-10H2,1-2H3. The van der Waals surface area contributed by atoms with Gasteiger partial charge in [-0.15, -0.1) is 0 Å². The molecule has 4 nitrogen and oxygen atoms in total. The van der Waals surface area contributed by atoms with Gasteiger partial charge in [0.2, 0.25) is 0 Å². The Hall–Kier alpha value is -0.130. The zero-order valence-corrected chi connectivity index (χ0v) is 12.4. The topological polar surface area (TPSA) is 49.4 Å². The summed E-state index contributed by atoms with van der Waals surface area (Å²) in [6.07, 6.45) is 7.75. The Kier molecular flexibility index (Phi) is 4.67. The Bertz CT molecular complexity index is 369. The smallest absolute Gasteiger partial charge is 0.150 e. The molecule has 1 N–H and O–H groups in total. The van der Waals surface area contributed by atoms with Crippen LogP contribution in [0, 0.1) is 0 Å². The molecule has 1 aliphatic carbocycles. The lowest BCUT2D eigenvalue weighted by Crippen LogP contribution is -2.44. The molecule has 2 rings (SSSR count). The van der Waals surface area contributed by atoms with Crippen molar-refractivity contribution in [3.8, 4) is 0 Å². The second kappa shape index (κ2) is 5.88. The first-order valence-corrected chi connectivity index (χ1v) is 9.05. The SMILES string of the molecule is CN1CCCC1CNC1CCCC(S(C)(=O)=O)C1. The molecule has 1 heterocycles. The van der Waals surface area contributed by atoms with Crippen LogP contribution >= 0.6 is 0 Å². The van der Waals surface area contributed by atoms with Gasteiger partial charge in [0.15, 0.2) is 0 Å². The van der Waals surface area contributed by atoms with Crippen LogP contribution in [-0.2, 0) is 9.84 Å². The van der Waals surface area contributed by atoms with Crippen LogP contribution in [0.4, 0.5) is 0 Å². The third-order valence-corrected chi connectivity index (χ3v) is 6.18. The predicted octanol–water partition coefficient (Wildman–Crippen LogP) is 1.03. The molecule has 0 aromatic heterocycles. The number of hydrogen-bond acceptors (Lipinski definition) is 4. The van der Waals surface area contributed by atoms with Crippen molar-refractivity contribution in [1.29, 1.82) is 0 Å². The molecule has 0 radical (unpaired) electrons. The molecule has 0 amide bonds. The quantitative estimate of drug-likeness (QED) is 0.832. The zero-order valence-electron chi connectivity index (χ0n) is 11.6. The summed E-state index contributed by atoms with van der Waals surface area (Å²) in [7, 11) is -0.677.